The summed E-state index contributed by atoms with van der Waals surface area (Å²) in [5, 5.41) is 0. The van der Waals surface area contributed by atoms with Crippen LogP contribution in [-0.2, 0) is 0 Å². The summed E-state index contributed by atoms with van der Waals surface area (Å²) in [4.78, 5) is 0. The van der Waals surface area contributed by atoms with Crippen LogP contribution in [-0.4, -0.2) is 33.4 Å². The fourth-order valence-corrected chi connectivity index (χ4v) is 7.21. The van der Waals surface area contributed by atoms with Crippen LogP contribution in [0.5, 0.6) is 5.75 Å². The molecular weight excluding hydrogens is 330 g/mol. The van der Waals surface area contributed by atoms with Gasteiger partial charge in [0, 0.05) is 0 Å². The molecule has 3 heteroatoms. The second-order valence-electron chi connectivity index (χ2n) is 3.16. The summed E-state index contributed by atoms with van der Waals surface area (Å²) >= 11 is 1.16. The second kappa shape index (κ2) is 6.12. The number of hydrogen-bond donors (Lipinski definition) is 0. The van der Waals surface area contributed by atoms with Gasteiger partial charge in [-0.3, -0.25) is 0 Å². The third-order valence-electron chi connectivity index (χ3n) is 2.04. The molecule has 82 valence electrons. The Morgan fingerprint density at radius 1 is 0.750 bits per heavy atom. The van der Waals surface area contributed by atoms with Crippen LogP contribution in [0.25, 0.3) is 0 Å². The molecule has 0 aliphatic heterocycles. The zero-order valence-electron chi connectivity index (χ0n) is 8.92. The molecule has 0 bridgehead atoms. The number of rotatable bonds is 4. The van der Waals surface area contributed by atoms with E-state index in [1.165, 1.54) is 8.92 Å². The predicted molar refractivity (Wildman–Crippen MR) is 70.2 cm³/mol. The van der Waals surface area contributed by atoms with Crippen molar-refractivity contribution in [3.05, 3.63) is 54.6 Å². The van der Waals surface area contributed by atoms with Gasteiger partial charge in [0.05, 0.1) is 0 Å². The molecule has 0 N–H and O–H groups in total. The first-order valence-electron chi connectivity index (χ1n) is 4.92. The molecule has 2 aromatic carbocycles. The molecule has 0 aliphatic rings. The van der Waals surface area contributed by atoms with Crippen LogP contribution in [0.1, 0.15) is 0 Å². The average Bonchev–Trinajstić information content (AvgIpc) is 2.38. The summed E-state index contributed by atoms with van der Waals surface area (Å²) in [6.45, 7) is 0. The topological polar surface area (TPSA) is 9.23 Å². The van der Waals surface area contributed by atoms with Gasteiger partial charge >= 0.3 is 107 Å². The van der Waals surface area contributed by atoms with E-state index in [2.05, 4.69) is 42.5 Å². The van der Waals surface area contributed by atoms with Gasteiger partial charge < -0.3 is 0 Å². The van der Waals surface area contributed by atoms with E-state index in [-0.39, 0.29) is 0 Å². The Labute approximate surface area is 107 Å². The maximum atomic E-state index is 5.14. The van der Waals surface area contributed by atoms with Crippen molar-refractivity contribution >= 4 is 35.2 Å². The van der Waals surface area contributed by atoms with Gasteiger partial charge in [0.25, 0.3) is 0 Å². The number of hydrogen-bond acceptors (Lipinski definition) is 1. The van der Waals surface area contributed by atoms with E-state index in [4.69, 9.17) is 4.74 Å². The summed E-state index contributed by atoms with van der Waals surface area (Å²) in [7, 11) is 1.70. The van der Waals surface area contributed by atoms with E-state index in [9.17, 15) is 0 Å². The van der Waals surface area contributed by atoms with Crippen LogP contribution >= 0.6 is 0 Å². The van der Waals surface area contributed by atoms with Crippen LogP contribution in [0.3, 0.4) is 0 Å². The van der Waals surface area contributed by atoms with Crippen LogP contribution < -0.4 is 13.7 Å². The van der Waals surface area contributed by atoms with Crippen molar-refractivity contribution in [2.45, 2.75) is 0 Å². The summed E-state index contributed by atoms with van der Waals surface area (Å²) in [6.07, 6.45) is 0. The molecule has 0 aliphatic carbocycles. The Balaban J connectivity index is 1.94. The van der Waals surface area contributed by atoms with Crippen molar-refractivity contribution in [2.75, 3.05) is 7.11 Å². The molecule has 2 aromatic rings. The fraction of sp³-hybridized carbons (Fsp3) is 0.0769. The van der Waals surface area contributed by atoms with Gasteiger partial charge in [-0.2, -0.15) is 0 Å². The monoisotopic (exact) mass is 344 g/mol. The van der Waals surface area contributed by atoms with E-state index in [0.29, 0.717) is 26.3 Å². The van der Waals surface area contributed by atoms with Gasteiger partial charge in [-0.1, -0.05) is 0 Å². The minimum atomic E-state index is 0.570. The molecule has 0 amide bonds. The first-order chi connectivity index (χ1) is 7.88. The van der Waals surface area contributed by atoms with Crippen LogP contribution in [0.2, 0.25) is 0 Å². The van der Waals surface area contributed by atoms with E-state index in [1.807, 2.05) is 12.1 Å². The molecule has 2 rings (SSSR count). The van der Waals surface area contributed by atoms with Crippen LogP contribution in [0.15, 0.2) is 54.6 Å². The molecule has 0 heterocycles. The quantitative estimate of drug-likeness (QED) is 0.753. The standard InChI is InChI=1S/C13H12OSe2/c1-14-11-7-9-13(10-8-11)16-15-12-5-3-2-4-6-12/h2-10H,1H3. The number of benzene rings is 2. The van der Waals surface area contributed by atoms with E-state index in [1.54, 1.807) is 7.11 Å². The Kier molecular flexibility index (Phi) is 4.50. The number of methoxy groups -OCH3 is 1. The Bertz CT molecular complexity index is 425. The van der Waals surface area contributed by atoms with Gasteiger partial charge in [0.2, 0.25) is 0 Å². The summed E-state index contributed by atoms with van der Waals surface area (Å²) in [5.41, 5.74) is 0. The first-order valence-corrected chi connectivity index (χ1v) is 11.0. The normalized spacial score (nSPS) is 10.1. The zero-order chi connectivity index (χ0) is 11.2. The van der Waals surface area contributed by atoms with Gasteiger partial charge in [-0.05, 0) is 0 Å². The molecule has 0 saturated heterocycles. The van der Waals surface area contributed by atoms with Crippen molar-refractivity contribution in [3.8, 4) is 5.75 Å². The van der Waals surface area contributed by atoms with E-state index in [0.717, 1.165) is 5.75 Å². The van der Waals surface area contributed by atoms with Crippen molar-refractivity contribution in [1.29, 1.82) is 0 Å². The molecule has 1 nitrogen and oxygen atoms in total. The molecule has 0 atom stereocenters. The third-order valence-corrected chi connectivity index (χ3v) is 9.27. The molecule has 0 spiro atoms. The molecule has 0 fully saturated rings. The van der Waals surface area contributed by atoms with E-state index < -0.39 is 0 Å². The van der Waals surface area contributed by atoms with E-state index >= 15 is 0 Å². The predicted octanol–water partition coefficient (Wildman–Crippen LogP) is 0.969. The molecule has 16 heavy (non-hydrogen) atoms. The molecule has 0 saturated carbocycles. The summed E-state index contributed by atoms with van der Waals surface area (Å²) in [6, 6.07) is 19.1. The third kappa shape index (κ3) is 3.40. The van der Waals surface area contributed by atoms with Gasteiger partial charge in [0.1, 0.15) is 0 Å². The van der Waals surface area contributed by atoms with Crippen molar-refractivity contribution in [1.82, 2.24) is 0 Å². The zero-order valence-corrected chi connectivity index (χ0v) is 12.3. The van der Waals surface area contributed by atoms with Gasteiger partial charge in [-0.15, -0.1) is 0 Å². The summed E-state index contributed by atoms with van der Waals surface area (Å²) in [5.74, 6) is 0.937. The Morgan fingerprint density at radius 2 is 1.31 bits per heavy atom. The Hall–Kier alpha value is -0.721. The molecule has 0 radical (unpaired) electrons. The second-order valence-corrected chi connectivity index (χ2v) is 9.47. The fourth-order valence-electron chi connectivity index (χ4n) is 1.20. The van der Waals surface area contributed by atoms with Gasteiger partial charge in [-0.25, -0.2) is 0 Å². The minimum absolute atomic E-state index is 0.570. The number of ether oxygens (including phenoxy) is 1. The van der Waals surface area contributed by atoms with Crippen LogP contribution in [0, 0.1) is 0 Å². The average molecular weight is 342 g/mol. The van der Waals surface area contributed by atoms with Crippen molar-refractivity contribution in [2.24, 2.45) is 0 Å². The molecule has 0 unspecified atom stereocenters. The van der Waals surface area contributed by atoms with Gasteiger partial charge in [0.15, 0.2) is 0 Å². The molecular formula is C13H12OSe2. The van der Waals surface area contributed by atoms with Crippen molar-refractivity contribution < 1.29 is 4.74 Å². The summed E-state index contributed by atoms with van der Waals surface area (Å²) < 4.78 is 8.06. The SMILES string of the molecule is COc1ccc([Se][Se]c2ccccc2)cc1. The Morgan fingerprint density at radius 3 is 1.88 bits per heavy atom. The van der Waals surface area contributed by atoms with Crippen LogP contribution in [0.4, 0.5) is 0 Å². The van der Waals surface area contributed by atoms with Crippen molar-refractivity contribution in [3.63, 3.8) is 0 Å². The maximum absolute atomic E-state index is 5.14. The molecule has 0 aromatic heterocycles. The first kappa shape index (κ1) is 11.8.